The van der Waals surface area contributed by atoms with Crippen LogP contribution >= 0.6 is 0 Å². The third kappa shape index (κ3) is 3.18. The molecule has 4 nitrogen and oxygen atoms in total. The number of unbranched alkanes of at least 4 members (excludes halogenated alkanes) is 1. The van der Waals surface area contributed by atoms with Crippen LogP contribution in [0.2, 0.25) is 0 Å². The average molecular weight is 249 g/mol. The summed E-state index contributed by atoms with van der Waals surface area (Å²) in [5.74, 6) is 0.175. The van der Waals surface area contributed by atoms with Crippen molar-refractivity contribution in [1.82, 2.24) is 4.31 Å². The van der Waals surface area contributed by atoms with E-state index in [2.05, 4.69) is 0 Å². The van der Waals surface area contributed by atoms with Gasteiger partial charge in [-0.15, -0.1) is 0 Å². The molecule has 5 heteroatoms. The van der Waals surface area contributed by atoms with E-state index < -0.39 is 10.0 Å². The Kier molecular flexibility index (Phi) is 5.21. The minimum atomic E-state index is -3.12. The fourth-order valence-electron chi connectivity index (χ4n) is 2.43. The lowest BCUT2D eigenvalue weighted by Gasteiger charge is -2.26. The van der Waals surface area contributed by atoms with Gasteiger partial charge in [0, 0.05) is 18.7 Å². The lowest BCUT2D eigenvalue weighted by Crippen LogP contribution is -2.41. The summed E-state index contributed by atoms with van der Waals surface area (Å²) in [4.78, 5) is 0. The molecule has 1 fully saturated rings. The van der Waals surface area contributed by atoms with Crippen LogP contribution < -0.4 is 0 Å². The zero-order chi connectivity index (χ0) is 12.2. The van der Waals surface area contributed by atoms with E-state index in [1.807, 2.05) is 13.8 Å². The predicted molar refractivity (Wildman–Crippen MR) is 64.7 cm³/mol. The van der Waals surface area contributed by atoms with Gasteiger partial charge in [-0.2, -0.15) is 4.31 Å². The van der Waals surface area contributed by atoms with Gasteiger partial charge >= 0.3 is 0 Å². The Morgan fingerprint density at radius 2 is 2.00 bits per heavy atom. The summed E-state index contributed by atoms with van der Waals surface area (Å²) in [5, 5.41) is 8.67. The molecule has 0 radical (unpaired) electrons. The summed E-state index contributed by atoms with van der Waals surface area (Å²) in [6.45, 7) is 4.10. The second-order valence-electron chi connectivity index (χ2n) is 4.57. The number of aliphatic hydroxyl groups is 1. The summed E-state index contributed by atoms with van der Waals surface area (Å²) in [5.41, 5.74) is 0. The highest BCUT2D eigenvalue weighted by Gasteiger charge is 2.37. The van der Waals surface area contributed by atoms with Crippen LogP contribution in [-0.2, 0) is 10.0 Å². The zero-order valence-electron chi connectivity index (χ0n) is 10.2. The van der Waals surface area contributed by atoms with Crippen LogP contribution in [-0.4, -0.2) is 42.3 Å². The largest absolute Gasteiger partial charge is 0.396 e. The first-order chi connectivity index (χ1) is 7.53. The van der Waals surface area contributed by atoms with Crippen molar-refractivity contribution in [2.45, 2.75) is 58.0 Å². The van der Waals surface area contributed by atoms with Crippen LogP contribution in [0.15, 0.2) is 0 Å². The van der Waals surface area contributed by atoms with Gasteiger partial charge in [-0.25, -0.2) is 8.42 Å². The van der Waals surface area contributed by atoms with Crippen molar-refractivity contribution in [1.29, 1.82) is 0 Å². The third-order valence-corrected chi connectivity index (χ3v) is 5.42. The number of hydrogen-bond acceptors (Lipinski definition) is 3. The minimum absolute atomic E-state index is 0.0717. The molecular weight excluding hydrogens is 226 g/mol. The first kappa shape index (κ1) is 13.9. The van der Waals surface area contributed by atoms with Crippen molar-refractivity contribution in [3.05, 3.63) is 0 Å². The Hall–Kier alpha value is -0.130. The molecule has 2 unspecified atom stereocenters. The second-order valence-corrected chi connectivity index (χ2v) is 6.56. The molecular formula is C11H23NO3S. The number of aliphatic hydroxyl groups excluding tert-OH is 1. The maximum atomic E-state index is 12.1. The second kappa shape index (κ2) is 5.98. The summed E-state index contributed by atoms with van der Waals surface area (Å²) in [7, 11) is -3.12. The third-order valence-electron chi connectivity index (χ3n) is 3.31. The number of hydrogen-bond donors (Lipinski definition) is 1. The van der Waals surface area contributed by atoms with Gasteiger partial charge in [-0.05, 0) is 39.0 Å². The topological polar surface area (TPSA) is 57.6 Å². The molecule has 1 rings (SSSR count). The summed E-state index contributed by atoms with van der Waals surface area (Å²) in [6.07, 6.45) is 3.97. The Bertz CT molecular complexity index is 302. The molecule has 0 saturated carbocycles. The van der Waals surface area contributed by atoms with Crippen molar-refractivity contribution in [3.8, 4) is 0 Å². The minimum Gasteiger partial charge on any atom is -0.396 e. The maximum absolute atomic E-state index is 12.1. The normalized spacial score (nSPS) is 27.4. The van der Waals surface area contributed by atoms with Crippen LogP contribution in [0, 0.1) is 0 Å². The summed E-state index contributed by atoms with van der Waals surface area (Å²) in [6, 6.07) is 0.332. The lowest BCUT2D eigenvalue weighted by atomic mass is 10.2. The molecule has 1 N–H and O–H groups in total. The van der Waals surface area contributed by atoms with E-state index >= 15 is 0 Å². The molecule has 1 aliphatic rings. The molecule has 0 bridgehead atoms. The molecule has 96 valence electrons. The highest BCUT2D eigenvalue weighted by Crippen LogP contribution is 2.29. The Balaban J connectivity index is 2.65. The lowest BCUT2D eigenvalue weighted by molar-refractivity contribution is 0.286. The molecule has 0 spiro atoms. The molecule has 0 aromatic heterocycles. The van der Waals surface area contributed by atoms with E-state index in [1.54, 1.807) is 4.31 Å². The van der Waals surface area contributed by atoms with E-state index in [0.717, 1.165) is 19.3 Å². The van der Waals surface area contributed by atoms with Gasteiger partial charge < -0.3 is 5.11 Å². The molecule has 0 aromatic rings. The standard InChI is InChI=1S/C11H23NO3S/c1-3-11-7-6-10(2)12(11)16(14,15)9-5-4-8-13/h10-11,13H,3-9H2,1-2H3. The van der Waals surface area contributed by atoms with E-state index in [-0.39, 0.29) is 24.4 Å². The van der Waals surface area contributed by atoms with Crippen molar-refractivity contribution in [2.75, 3.05) is 12.4 Å². The fraction of sp³-hybridized carbons (Fsp3) is 1.00. The molecule has 0 amide bonds. The Labute approximate surface area is 98.7 Å². The Morgan fingerprint density at radius 1 is 1.31 bits per heavy atom. The first-order valence-electron chi connectivity index (χ1n) is 6.15. The Morgan fingerprint density at radius 3 is 2.56 bits per heavy atom. The van der Waals surface area contributed by atoms with Crippen molar-refractivity contribution in [3.63, 3.8) is 0 Å². The first-order valence-corrected chi connectivity index (χ1v) is 7.76. The number of rotatable bonds is 6. The molecule has 1 aliphatic heterocycles. The highest BCUT2D eigenvalue weighted by atomic mass is 32.2. The van der Waals surface area contributed by atoms with E-state index in [1.165, 1.54) is 0 Å². The van der Waals surface area contributed by atoms with Gasteiger partial charge in [-0.3, -0.25) is 0 Å². The average Bonchev–Trinajstić information content (AvgIpc) is 2.60. The van der Waals surface area contributed by atoms with Crippen LogP contribution in [0.1, 0.15) is 46.0 Å². The predicted octanol–water partition coefficient (Wildman–Crippen LogP) is 1.35. The van der Waals surface area contributed by atoms with Crippen molar-refractivity contribution >= 4 is 10.0 Å². The van der Waals surface area contributed by atoms with Gasteiger partial charge in [0.2, 0.25) is 10.0 Å². The maximum Gasteiger partial charge on any atom is 0.214 e. The van der Waals surface area contributed by atoms with E-state index in [4.69, 9.17) is 5.11 Å². The van der Waals surface area contributed by atoms with Crippen LogP contribution in [0.3, 0.4) is 0 Å². The monoisotopic (exact) mass is 249 g/mol. The van der Waals surface area contributed by atoms with Gasteiger partial charge in [0.05, 0.1) is 5.75 Å². The highest BCUT2D eigenvalue weighted by molar-refractivity contribution is 7.89. The molecule has 0 aromatic carbocycles. The molecule has 0 aliphatic carbocycles. The van der Waals surface area contributed by atoms with Gasteiger partial charge in [0.1, 0.15) is 0 Å². The van der Waals surface area contributed by atoms with E-state index in [0.29, 0.717) is 12.8 Å². The zero-order valence-corrected chi connectivity index (χ0v) is 11.0. The molecule has 16 heavy (non-hydrogen) atoms. The van der Waals surface area contributed by atoms with Crippen molar-refractivity contribution in [2.24, 2.45) is 0 Å². The van der Waals surface area contributed by atoms with Crippen LogP contribution in [0.5, 0.6) is 0 Å². The van der Waals surface area contributed by atoms with Crippen LogP contribution in [0.25, 0.3) is 0 Å². The summed E-state index contributed by atoms with van der Waals surface area (Å²) >= 11 is 0. The number of sulfonamides is 1. The number of nitrogens with zero attached hydrogens (tertiary/aromatic N) is 1. The SMILES string of the molecule is CCC1CCC(C)N1S(=O)(=O)CCCCO. The van der Waals surface area contributed by atoms with Gasteiger partial charge in [0.15, 0.2) is 0 Å². The van der Waals surface area contributed by atoms with Crippen LogP contribution in [0.4, 0.5) is 0 Å². The van der Waals surface area contributed by atoms with E-state index in [9.17, 15) is 8.42 Å². The molecule has 1 saturated heterocycles. The quantitative estimate of drug-likeness (QED) is 0.723. The molecule has 2 atom stereocenters. The summed E-state index contributed by atoms with van der Waals surface area (Å²) < 4.78 is 26.0. The fourth-order valence-corrected chi connectivity index (χ4v) is 4.58. The van der Waals surface area contributed by atoms with Gasteiger partial charge in [0.25, 0.3) is 0 Å². The van der Waals surface area contributed by atoms with Crippen molar-refractivity contribution < 1.29 is 13.5 Å². The van der Waals surface area contributed by atoms with Gasteiger partial charge in [-0.1, -0.05) is 6.92 Å². The molecule has 1 heterocycles. The smallest absolute Gasteiger partial charge is 0.214 e.